The number of hydrogen-bond acceptors (Lipinski definition) is 3. The van der Waals surface area contributed by atoms with Crippen LogP contribution in [0.15, 0.2) is 12.1 Å². The van der Waals surface area contributed by atoms with E-state index < -0.39 is 0 Å². The maximum absolute atomic E-state index is 5.33. The first-order valence-electron chi connectivity index (χ1n) is 7.24. The average molecular weight is 271 g/mol. The lowest BCUT2D eigenvalue weighted by atomic mass is 10.0. The topological polar surface area (TPSA) is 39.9 Å². The average Bonchev–Trinajstić information content (AvgIpc) is 2.75. The molecule has 1 aliphatic carbocycles. The van der Waals surface area contributed by atoms with Crippen molar-refractivity contribution in [1.29, 1.82) is 0 Å². The summed E-state index contributed by atoms with van der Waals surface area (Å²) in [5.74, 6) is 1.97. The van der Waals surface area contributed by atoms with Crippen molar-refractivity contribution < 1.29 is 4.74 Å². The lowest BCUT2D eigenvalue weighted by molar-refractivity contribution is 0.412. The monoisotopic (exact) mass is 271 g/mol. The molecule has 1 aliphatic rings. The third-order valence-electron chi connectivity index (χ3n) is 3.96. The summed E-state index contributed by atoms with van der Waals surface area (Å²) in [7, 11) is 1.70. The van der Waals surface area contributed by atoms with Crippen LogP contribution in [-0.4, -0.2) is 21.6 Å². The van der Waals surface area contributed by atoms with E-state index in [4.69, 9.17) is 9.72 Å². The second-order valence-electron chi connectivity index (χ2n) is 5.49. The number of methoxy groups -OCH3 is 1. The highest BCUT2D eigenvalue weighted by atomic mass is 16.5. The Kier molecular flexibility index (Phi) is 3.47. The van der Waals surface area contributed by atoms with Crippen LogP contribution >= 0.6 is 0 Å². The molecule has 0 saturated heterocycles. The molecule has 2 aromatic rings. The minimum absolute atomic E-state index is 0.784. The fourth-order valence-electron chi connectivity index (χ4n) is 3.01. The highest BCUT2D eigenvalue weighted by molar-refractivity contribution is 5.28. The maximum Gasteiger partial charge on any atom is 0.122 e. The van der Waals surface area contributed by atoms with Crippen LogP contribution in [-0.2, 0) is 19.4 Å². The van der Waals surface area contributed by atoms with Crippen LogP contribution in [0.2, 0.25) is 0 Å². The molecule has 4 nitrogen and oxygen atoms in total. The predicted molar refractivity (Wildman–Crippen MR) is 78.2 cm³/mol. The Morgan fingerprint density at radius 3 is 2.75 bits per heavy atom. The minimum Gasteiger partial charge on any atom is -0.497 e. The molecular formula is C16H21N3O. The molecule has 0 aromatic carbocycles. The number of fused-ring (bicyclic) bond motifs is 1. The number of rotatable bonds is 3. The molecule has 0 unspecified atom stereocenters. The van der Waals surface area contributed by atoms with Crippen LogP contribution in [0.3, 0.4) is 0 Å². The summed E-state index contributed by atoms with van der Waals surface area (Å²) in [6, 6.07) is 3.97. The summed E-state index contributed by atoms with van der Waals surface area (Å²) in [6.45, 7) is 4.87. The van der Waals surface area contributed by atoms with Crippen LogP contribution in [0.25, 0.3) is 0 Å². The van der Waals surface area contributed by atoms with Gasteiger partial charge in [0.05, 0.1) is 25.0 Å². The lowest BCUT2D eigenvalue weighted by Crippen LogP contribution is -2.11. The summed E-state index contributed by atoms with van der Waals surface area (Å²) in [5.41, 5.74) is 4.71. The van der Waals surface area contributed by atoms with E-state index in [2.05, 4.69) is 16.5 Å². The quantitative estimate of drug-likeness (QED) is 0.862. The first-order valence-corrected chi connectivity index (χ1v) is 7.24. The van der Waals surface area contributed by atoms with Gasteiger partial charge in [0.25, 0.3) is 0 Å². The van der Waals surface area contributed by atoms with Gasteiger partial charge in [0, 0.05) is 23.5 Å². The first-order chi connectivity index (χ1) is 9.67. The van der Waals surface area contributed by atoms with Gasteiger partial charge in [-0.1, -0.05) is 0 Å². The van der Waals surface area contributed by atoms with Gasteiger partial charge < -0.3 is 9.30 Å². The number of pyridine rings is 1. The normalized spacial score (nSPS) is 14.2. The second kappa shape index (κ2) is 5.27. The van der Waals surface area contributed by atoms with Crippen molar-refractivity contribution in [3.8, 4) is 5.75 Å². The molecular weight excluding hydrogens is 250 g/mol. The molecule has 0 atom stereocenters. The first kappa shape index (κ1) is 13.2. The van der Waals surface area contributed by atoms with E-state index in [1.165, 1.54) is 24.2 Å². The van der Waals surface area contributed by atoms with Crippen LogP contribution < -0.4 is 4.74 Å². The van der Waals surface area contributed by atoms with Gasteiger partial charge >= 0.3 is 0 Å². The van der Waals surface area contributed by atoms with Crippen molar-refractivity contribution >= 4 is 0 Å². The van der Waals surface area contributed by atoms with E-state index >= 15 is 0 Å². The Labute approximate surface area is 119 Å². The van der Waals surface area contributed by atoms with Gasteiger partial charge in [-0.2, -0.15) is 0 Å². The van der Waals surface area contributed by atoms with Gasteiger partial charge in [-0.15, -0.1) is 0 Å². The number of aryl methyl sites for hydroxylation is 3. The Morgan fingerprint density at radius 1 is 1.15 bits per heavy atom. The molecule has 0 fully saturated rings. The summed E-state index contributed by atoms with van der Waals surface area (Å²) in [6.07, 6.45) is 4.79. The summed E-state index contributed by atoms with van der Waals surface area (Å²) < 4.78 is 7.65. The van der Waals surface area contributed by atoms with Crippen molar-refractivity contribution in [3.05, 3.63) is 40.7 Å². The van der Waals surface area contributed by atoms with Crippen LogP contribution in [0, 0.1) is 13.8 Å². The largest absolute Gasteiger partial charge is 0.497 e. The van der Waals surface area contributed by atoms with Gasteiger partial charge in [0.1, 0.15) is 11.6 Å². The van der Waals surface area contributed by atoms with E-state index in [0.717, 1.165) is 42.3 Å². The zero-order chi connectivity index (χ0) is 14.1. The van der Waals surface area contributed by atoms with Crippen molar-refractivity contribution in [1.82, 2.24) is 14.5 Å². The van der Waals surface area contributed by atoms with Crippen molar-refractivity contribution in [2.24, 2.45) is 0 Å². The van der Waals surface area contributed by atoms with Crippen LogP contribution in [0.4, 0.5) is 0 Å². The molecule has 2 heterocycles. The smallest absolute Gasteiger partial charge is 0.122 e. The fraction of sp³-hybridized carbons (Fsp3) is 0.500. The Bertz CT molecular complexity index is 631. The number of nitrogens with zero attached hydrogens (tertiary/aromatic N) is 3. The fourth-order valence-corrected chi connectivity index (χ4v) is 3.01. The lowest BCUT2D eigenvalue weighted by Gasteiger charge is -2.15. The zero-order valence-corrected chi connectivity index (χ0v) is 12.4. The molecule has 106 valence electrons. The van der Waals surface area contributed by atoms with Crippen molar-refractivity contribution in [2.75, 3.05) is 7.11 Å². The Balaban J connectivity index is 1.95. The van der Waals surface area contributed by atoms with E-state index in [1.54, 1.807) is 7.11 Å². The summed E-state index contributed by atoms with van der Waals surface area (Å²) in [4.78, 5) is 9.33. The molecule has 2 aromatic heterocycles. The number of hydrogen-bond donors (Lipinski definition) is 0. The van der Waals surface area contributed by atoms with E-state index in [0.29, 0.717) is 0 Å². The highest BCUT2D eigenvalue weighted by Crippen LogP contribution is 2.23. The number of imidazole rings is 1. The van der Waals surface area contributed by atoms with E-state index in [9.17, 15) is 0 Å². The van der Waals surface area contributed by atoms with Crippen LogP contribution in [0.5, 0.6) is 5.75 Å². The van der Waals surface area contributed by atoms with E-state index in [-0.39, 0.29) is 0 Å². The molecule has 0 N–H and O–H groups in total. The molecule has 0 saturated carbocycles. The second-order valence-corrected chi connectivity index (χ2v) is 5.49. The van der Waals surface area contributed by atoms with E-state index in [1.807, 2.05) is 19.1 Å². The van der Waals surface area contributed by atoms with Crippen molar-refractivity contribution in [2.45, 2.75) is 46.1 Å². The van der Waals surface area contributed by atoms with Gasteiger partial charge in [0.15, 0.2) is 0 Å². The van der Waals surface area contributed by atoms with Gasteiger partial charge in [-0.3, -0.25) is 4.98 Å². The zero-order valence-electron chi connectivity index (χ0n) is 12.4. The Hall–Kier alpha value is -1.84. The molecule has 4 heteroatoms. The summed E-state index contributed by atoms with van der Waals surface area (Å²) >= 11 is 0. The molecule has 20 heavy (non-hydrogen) atoms. The SMILES string of the molecule is COc1cc(C)nc(Cn2c(C)nc3c2CCCC3)c1. The molecule has 3 rings (SSSR count). The number of aromatic nitrogens is 3. The predicted octanol–water partition coefficient (Wildman–Crippen LogP) is 2.83. The summed E-state index contributed by atoms with van der Waals surface area (Å²) in [5, 5.41) is 0. The van der Waals surface area contributed by atoms with Gasteiger partial charge in [-0.05, 0) is 39.5 Å². The van der Waals surface area contributed by atoms with Gasteiger partial charge in [-0.25, -0.2) is 4.98 Å². The molecule has 0 radical (unpaired) electrons. The third kappa shape index (κ3) is 2.42. The standard InChI is InChI=1S/C16H21N3O/c1-11-8-14(20-3)9-13(17-11)10-19-12(2)18-15-6-4-5-7-16(15)19/h8-9H,4-7,10H2,1-3H3. The van der Waals surface area contributed by atoms with Crippen LogP contribution in [0.1, 0.15) is 41.4 Å². The molecule has 0 aliphatic heterocycles. The Morgan fingerprint density at radius 2 is 1.95 bits per heavy atom. The highest BCUT2D eigenvalue weighted by Gasteiger charge is 2.18. The van der Waals surface area contributed by atoms with Gasteiger partial charge in [0.2, 0.25) is 0 Å². The van der Waals surface area contributed by atoms with Crippen molar-refractivity contribution in [3.63, 3.8) is 0 Å². The molecule has 0 spiro atoms. The maximum atomic E-state index is 5.33. The third-order valence-corrected chi connectivity index (χ3v) is 3.96. The molecule has 0 bridgehead atoms. The molecule has 0 amide bonds. The number of ether oxygens (including phenoxy) is 1. The minimum atomic E-state index is 0.784.